The van der Waals surface area contributed by atoms with Crippen LogP contribution in [0.1, 0.15) is 68.6 Å². The average molecular weight is 503 g/mol. The summed E-state index contributed by atoms with van der Waals surface area (Å²) in [6.45, 7) is 5.11. The smallest absolute Gasteiger partial charge is 0.303 e. The molecule has 2 aromatic carbocycles. The maximum atomic E-state index is 11.4. The Labute approximate surface area is 217 Å². The lowest BCUT2D eigenvalue weighted by molar-refractivity contribution is -0.137. The standard InChI is InChI=1S/C31H34O4S/c1-31(2)15-7-11-26(31)29-22(19-36-30(29)24-10-4-5-12-27(24)34-3)18-35-23-9-6-8-21(16-23)25(17-28(32)33)20-13-14-20/h4-6,8-12,16,19-20,25H,7,13-15,17-18H2,1-3H3,(H,32,33)/t25-/m0/s1. The van der Waals surface area contributed by atoms with Crippen molar-refractivity contribution in [2.45, 2.75) is 58.5 Å². The molecule has 0 unspecified atom stereocenters. The summed E-state index contributed by atoms with van der Waals surface area (Å²) in [6.07, 6.45) is 7.00. The zero-order chi connectivity index (χ0) is 25.3. The number of thiophene rings is 1. The van der Waals surface area contributed by atoms with Crippen LogP contribution in [0.5, 0.6) is 11.5 Å². The number of aliphatic carboxylic acids is 1. The number of hydrogen-bond donors (Lipinski definition) is 1. The van der Waals surface area contributed by atoms with Crippen molar-refractivity contribution in [3.8, 4) is 21.9 Å². The molecule has 188 valence electrons. The first-order valence-corrected chi connectivity index (χ1v) is 13.6. The number of allylic oxidation sites excluding steroid dienone is 2. The molecular weight excluding hydrogens is 468 g/mol. The van der Waals surface area contributed by atoms with Crippen LogP contribution in [0, 0.1) is 11.3 Å². The summed E-state index contributed by atoms with van der Waals surface area (Å²) < 4.78 is 12.1. The lowest BCUT2D eigenvalue weighted by Gasteiger charge is -2.25. The van der Waals surface area contributed by atoms with Crippen LogP contribution in [0.3, 0.4) is 0 Å². The predicted molar refractivity (Wildman–Crippen MR) is 146 cm³/mol. The number of carbonyl (C=O) groups is 1. The minimum atomic E-state index is -0.738. The van der Waals surface area contributed by atoms with Gasteiger partial charge in [-0.3, -0.25) is 4.79 Å². The van der Waals surface area contributed by atoms with Crippen LogP contribution in [0.25, 0.3) is 16.0 Å². The van der Waals surface area contributed by atoms with Gasteiger partial charge in [-0.1, -0.05) is 44.2 Å². The van der Waals surface area contributed by atoms with Gasteiger partial charge in [-0.2, -0.15) is 0 Å². The first-order valence-electron chi connectivity index (χ1n) is 12.8. The number of carboxylic acids is 1. The lowest BCUT2D eigenvalue weighted by atomic mass is 9.80. The Morgan fingerprint density at radius 3 is 2.67 bits per heavy atom. The Hall–Kier alpha value is -3.05. The summed E-state index contributed by atoms with van der Waals surface area (Å²) in [5.74, 6) is 1.46. The van der Waals surface area contributed by atoms with Crippen molar-refractivity contribution in [3.63, 3.8) is 0 Å². The minimum absolute atomic E-state index is 0.0596. The van der Waals surface area contributed by atoms with Gasteiger partial charge in [0.25, 0.3) is 0 Å². The highest BCUT2D eigenvalue weighted by Gasteiger charge is 2.34. The molecule has 0 aliphatic heterocycles. The van der Waals surface area contributed by atoms with Crippen molar-refractivity contribution in [2.75, 3.05) is 7.11 Å². The van der Waals surface area contributed by atoms with Crippen LogP contribution < -0.4 is 9.47 Å². The monoisotopic (exact) mass is 502 g/mol. The van der Waals surface area contributed by atoms with E-state index in [0.717, 1.165) is 48.3 Å². The first-order chi connectivity index (χ1) is 17.4. The fourth-order valence-electron chi connectivity index (χ4n) is 5.49. The number of ether oxygens (including phenoxy) is 2. The first kappa shape index (κ1) is 24.6. The SMILES string of the molecule is COc1ccccc1-c1scc(COc2cccc([C@@H](CC(=O)O)C3CC3)c2)c1C1=CCCC1(C)C. The Balaban J connectivity index is 1.46. The summed E-state index contributed by atoms with van der Waals surface area (Å²) in [4.78, 5) is 12.7. The third-order valence-corrected chi connectivity index (χ3v) is 8.66. The number of rotatable bonds is 10. The molecule has 0 spiro atoms. The van der Waals surface area contributed by atoms with E-state index in [1.807, 2.05) is 36.4 Å². The largest absolute Gasteiger partial charge is 0.496 e. The third kappa shape index (κ3) is 5.08. The van der Waals surface area contributed by atoms with Crippen molar-refractivity contribution in [3.05, 3.63) is 76.7 Å². The molecule has 0 bridgehead atoms. The van der Waals surface area contributed by atoms with E-state index < -0.39 is 5.97 Å². The number of benzene rings is 2. The highest BCUT2D eigenvalue weighted by Crippen LogP contribution is 2.51. The fraction of sp³-hybridized carbons (Fsp3) is 0.387. The normalized spacial score (nSPS) is 17.5. The van der Waals surface area contributed by atoms with Gasteiger partial charge in [-0.15, -0.1) is 11.3 Å². The molecule has 5 rings (SSSR count). The molecule has 1 atom stereocenters. The van der Waals surface area contributed by atoms with Crippen molar-refractivity contribution < 1.29 is 19.4 Å². The molecule has 5 heteroatoms. The van der Waals surface area contributed by atoms with Gasteiger partial charge >= 0.3 is 5.97 Å². The molecule has 1 fully saturated rings. The zero-order valence-corrected chi connectivity index (χ0v) is 22.1. The topological polar surface area (TPSA) is 55.8 Å². The van der Waals surface area contributed by atoms with Crippen molar-refractivity contribution >= 4 is 22.9 Å². The Bertz CT molecular complexity index is 1280. The van der Waals surface area contributed by atoms with Crippen molar-refractivity contribution in [2.24, 2.45) is 11.3 Å². The van der Waals surface area contributed by atoms with Crippen molar-refractivity contribution in [1.29, 1.82) is 0 Å². The quantitative estimate of drug-likeness (QED) is 0.304. The molecule has 0 amide bonds. The second-order valence-electron chi connectivity index (χ2n) is 10.6. The maximum Gasteiger partial charge on any atom is 0.303 e. The lowest BCUT2D eigenvalue weighted by Crippen LogP contribution is -2.11. The summed E-state index contributed by atoms with van der Waals surface area (Å²) in [6, 6.07) is 16.3. The number of carboxylic acid groups (broad SMARTS) is 1. The van der Waals surface area contributed by atoms with E-state index in [-0.39, 0.29) is 17.8 Å². The molecule has 1 N–H and O–H groups in total. The van der Waals surface area contributed by atoms with Gasteiger partial charge in [0.05, 0.1) is 13.5 Å². The second kappa shape index (κ2) is 10.1. The molecule has 1 heterocycles. The predicted octanol–water partition coefficient (Wildman–Crippen LogP) is 8.17. The van der Waals surface area contributed by atoms with Gasteiger partial charge < -0.3 is 14.6 Å². The molecule has 36 heavy (non-hydrogen) atoms. The fourth-order valence-corrected chi connectivity index (χ4v) is 6.59. The number of para-hydroxylation sites is 1. The molecule has 2 aliphatic rings. The van der Waals surface area contributed by atoms with Crippen LogP contribution in [-0.2, 0) is 11.4 Å². The Morgan fingerprint density at radius 2 is 1.97 bits per heavy atom. The van der Waals surface area contributed by atoms with E-state index in [1.165, 1.54) is 21.6 Å². The van der Waals surface area contributed by atoms with Gasteiger partial charge in [0, 0.05) is 21.6 Å². The highest BCUT2D eigenvalue weighted by atomic mass is 32.1. The van der Waals surface area contributed by atoms with E-state index >= 15 is 0 Å². The summed E-state index contributed by atoms with van der Waals surface area (Å²) >= 11 is 1.74. The molecule has 1 aromatic heterocycles. The third-order valence-electron chi connectivity index (χ3n) is 7.60. The van der Waals surface area contributed by atoms with E-state index in [4.69, 9.17) is 9.47 Å². The van der Waals surface area contributed by atoms with Gasteiger partial charge in [0.2, 0.25) is 0 Å². The van der Waals surface area contributed by atoms with Crippen LogP contribution >= 0.6 is 11.3 Å². The molecular formula is C31H34O4S. The zero-order valence-electron chi connectivity index (χ0n) is 21.3. The molecule has 1 saturated carbocycles. The average Bonchev–Trinajstić information content (AvgIpc) is 3.53. The maximum absolute atomic E-state index is 11.4. The number of hydrogen-bond acceptors (Lipinski definition) is 4. The Morgan fingerprint density at radius 1 is 1.17 bits per heavy atom. The van der Waals surface area contributed by atoms with E-state index in [9.17, 15) is 9.90 Å². The Kier molecular flexibility index (Phi) is 6.94. The molecule has 2 aliphatic carbocycles. The van der Waals surface area contributed by atoms with Gasteiger partial charge in [-0.25, -0.2) is 0 Å². The van der Waals surface area contributed by atoms with Crippen LogP contribution in [-0.4, -0.2) is 18.2 Å². The van der Waals surface area contributed by atoms with Gasteiger partial charge in [0.1, 0.15) is 18.1 Å². The molecule has 0 saturated heterocycles. The second-order valence-corrected chi connectivity index (χ2v) is 11.5. The number of methoxy groups -OCH3 is 1. The minimum Gasteiger partial charge on any atom is -0.496 e. The molecule has 3 aromatic rings. The van der Waals surface area contributed by atoms with Crippen LogP contribution in [0.2, 0.25) is 0 Å². The van der Waals surface area contributed by atoms with E-state index in [0.29, 0.717) is 12.5 Å². The highest BCUT2D eigenvalue weighted by molar-refractivity contribution is 7.14. The summed E-state index contributed by atoms with van der Waals surface area (Å²) in [5, 5.41) is 11.6. The van der Waals surface area contributed by atoms with Gasteiger partial charge in [0.15, 0.2) is 0 Å². The van der Waals surface area contributed by atoms with E-state index in [1.54, 1.807) is 18.4 Å². The van der Waals surface area contributed by atoms with Crippen molar-refractivity contribution in [1.82, 2.24) is 0 Å². The van der Waals surface area contributed by atoms with E-state index in [2.05, 4.69) is 37.4 Å². The van der Waals surface area contributed by atoms with Crippen LogP contribution in [0.15, 0.2) is 60.0 Å². The molecule has 0 radical (unpaired) electrons. The molecule has 4 nitrogen and oxygen atoms in total. The summed E-state index contributed by atoms with van der Waals surface area (Å²) in [5.41, 5.74) is 6.10. The summed E-state index contributed by atoms with van der Waals surface area (Å²) in [7, 11) is 1.72. The van der Waals surface area contributed by atoms with Crippen LogP contribution in [0.4, 0.5) is 0 Å². The van der Waals surface area contributed by atoms with Gasteiger partial charge in [-0.05, 0) is 83.7 Å².